The summed E-state index contributed by atoms with van der Waals surface area (Å²) in [5.74, 6) is -0.583. The fourth-order valence-corrected chi connectivity index (χ4v) is 3.83. The maximum Gasteiger partial charge on any atom is 0.391 e. The van der Waals surface area contributed by atoms with Crippen LogP contribution in [0.5, 0.6) is 6.01 Å². The molecule has 2 fully saturated rings. The zero-order chi connectivity index (χ0) is 21.3. The number of rotatable bonds is 6. The van der Waals surface area contributed by atoms with Crippen LogP contribution in [0.2, 0.25) is 0 Å². The van der Waals surface area contributed by atoms with Gasteiger partial charge in [0.05, 0.1) is 11.6 Å². The molecular formula is C20H22F3N3O4. The van der Waals surface area contributed by atoms with E-state index in [0.29, 0.717) is 17.7 Å². The van der Waals surface area contributed by atoms with Crippen LogP contribution in [0, 0.1) is 11.8 Å². The molecule has 0 amide bonds. The lowest BCUT2D eigenvalue weighted by atomic mass is 9.87. The lowest BCUT2D eigenvalue weighted by Gasteiger charge is -2.24. The average Bonchev–Trinajstić information content (AvgIpc) is 3.50. The second-order valence-corrected chi connectivity index (χ2v) is 8.04. The molecule has 162 valence electrons. The fourth-order valence-electron chi connectivity index (χ4n) is 3.83. The first-order valence-electron chi connectivity index (χ1n) is 10.2. The van der Waals surface area contributed by atoms with E-state index >= 15 is 0 Å². The quantitative estimate of drug-likeness (QED) is 0.703. The first-order valence-corrected chi connectivity index (χ1v) is 10.2. The summed E-state index contributed by atoms with van der Waals surface area (Å²) in [5, 5.41) is 4.04. The van der Waals surface area contributed by atoms with Gasteiger partial charge >= 0.3 is 17.8 Å². The molecule has 0 spiro atoms. The van der Waals surface area contributed by atoms with Gasteiger partial charge in [-0.2, -0.15) is 18.2 Å². The molecule has 2 aromatic rings. The second kappa shape index (κ2) is 8.23. The topological polar surface area (TPSA) is 97.5 Å². The Morgan fingerprint density at radius 1 is 1.20 bits per heavy atom. The van der Waals surface area contributed by atoms with Crippen molar-refractivity contribution in [1.82, 2.24) is 9.97 Å². The maximum atomic E-state index is 12.7. The van der Waals surface area contributed by atoms with Crippen LogP contribution < -0.4 is 16.0 Å². The molecule has 0 atom stereocenters. The van der Waals surface area contributed by atoms with Gasteiger partial charge in [-0.25, -0.2) is 4.79 Å². The summed E-state index contributed by atoms with van der Waals surface area (Å²) in [6.07, 6.45) is 0.981. The van der Waals surface area contributed by atoms with Crippen molar-refractivity contribution in [2.24, 2.45) is 17.0 Å². The number of nitrogens with zero attached hydrogens (tertiary/aromatic N) is 2. The van der Waals surface area contributed by atoms with Crippen molar-refractivity contribution in [3.8, 4) is 6.01 Å². The van der Waals surface area contributed by atoms with Gasteiger partial charge < -0.3 is 9.25 Å². The SMILES string of the molecule is O=c1cc(CCCC2CC2)c2c(=O)[nH]c(ON=C3CCC(C(F)(F)F)CC3)nc2o1. The summed E-state index contributed by atoms with van der Waals surface area (Å²) < 4.78 is 43.3. The van der Waals surface area contributed by atoms with Crippen molar-refractivity contribution >= 4 is 16.8 Å². The minimum absolute atomic E-state index is 0.0492. The van der Waals surface area contributed by atoms with Crippen LogP contribution in [-0.4, -0.2) is 21.9 Å². The summed E-state index contributed by atoms with van der Waals surface area (Å²) in [6.45, 7) is 0. The average molecular weight is 425 g/mol. The zero-order valence-corrected chi connectivity index (χ0v) is 16.3. The van der Waals surface area contributed by atoms with Crippen molar-refractivity contribution in [3.05, 3.63) is 32.4 Å². The number of hydrogen-bond donors (Lipinski definition) is 1. The monoisotopic (exact) mass is 425 g/mol. The highest BCUT2D eigenvalue weighted by molar-refractivity contribution is 5.84. The standard InChI is InChI=1S/C20H22F3N3O4/c21-20(22,23)13-6-8-14(9-7-13)26-30-19-24-17(28)16-12(3-1-2-11-4-5-11)10-15(27)29-18(16)25-19/h10-11,13H,1-9H2,(H,24,25,28). The molecule has 2 saturated carbocycles. The van der Waals surface area contributed by atoms with E-state index in [1.165, 1.54) is 18.9 Å². The molecule has 4 rings (SSSR count). The van der Waals surface area contributed by atoms with Crippen molar-refractivity contribution < 1.29 is 22.4 Å². The molecule has 2 aromatic heterocycles. The molecule has 7 nitrogen and oxygen atoms in total. The number of halogens is 3. The Morgan fingerprint density at radius 3 is 2.60 bits per heavy atom. The Morgan fingerprint density at radius 2 is 1.93 bits per heavy atom. The van der Waals surface area contributed by atoms with Crippen LogP contribution in [0.15, 0.2) is 25.2 Å². The molecule has 2 heterocycles. The minimum Gasteiger partial charge on any atom is -0.403 e. The van der Waals surface area contributed by atoms with E-state index in [1.807, 2.05) is 0 Å². The van der Waals surface area contributed by atoms with Crippen molar-refractivity contribution in [2.75, 3.05) is 0 Å². The largest absolute Gasteiger partial charge is 0.403 e. The first kappa shape index (κ1) is 20.6. The van der Waals surface area contributed by atoms with Gasteiger partial charge in [0.25, 0.3) is 5.56 Å². The fraction of sp³-hybridized carbons (Fsp3) is 0.600. The normalized spacial score (nSPS) is 19.8. The van der Waals surface area contributed by atoms with Gasteiger partial charge in [0.15, 0.2) is 0 Å². The molecule has 30 heavy (non-hydrogen) atoms. The van der Waals surface area contributed by atoms with Gasteiger partial charge in [-0.05, 0) is 50.0 Å². The molecule has 0 unspecified atom stereocenters. The number of alkyl halides is 3. The highest BCUT2D eigenvalue weighted by Crippen LogP contribution is 2.36. The Kier molecular flexibility index (Phi) is 5.66. The third kappa shape index (κ3) is 4.91. The van der Waals surface area contributed by atoms with E-state index in [2.05, 4.69) is 15.1 Å². The van der Waals surface area contributed by atoms with Gasteiger partial charge in [0, 0.05) is 6.07 Å². The molecule has 0 aromatic carbocycles. The molecule has 0 saturated heterocycles. The number of aryl methyl sites for hydroxylation is 1. The molecule has 1 N–H and O–H groups in total. The van der Waals surface area contributed by atoms with Crippen molar-refractivity contribution in [2.45, 2.75) is 64.0 Å². The number of oxime groups is 1. The Labute approximate surface area is 169 Å². The first-order chi connectivity index (χ1) is 14.3. The van der Waals surface area contributed by atoms with Crippen LogP contribution in [0.25, 0.3) is 11.1 Å². The summed E-state index contributed by atoms with van der Waals surface area (Å²) >= 11 is 0. The van der Waals surface area contributed by atoms with E-state index in [1.54, 1.807) is 0 Å². The van der Waals surface area contributed by atoms with Crippen LogP contribution >= 0.6 is 0 Å². The predicted molar refractivity (Wildman–Crippen MR) is 103 cm³/mol. The number of aromatic amines is 1. The van der Waals surface area contributed by atoms with Gasteiger partial charge in [-0.1, -0.05) is 24.4 Å². The Balaban J connectivity index is 1.49. The van der Waals surface area contributed by atoms with Gasteiger partial charge in [0.1, 0.15) is 5.39 Å². The van der Waals surface area contributed by atoms with E-state index < -0.39 is 23.3 Å². The molecular weight excluding hydrogens is 403 g/mol. The van der Waals surface area contributed by atoms with Gasteiger partial charge in [0.2, 0.25) is 5.71 Å². The highest BCUT2D eigenvalue weighted by atomic mass is 19.4. The molecule has 10 heteroatoms. The van der Waals surface area contributed by atoms with Crippen LogP contribution in [-0.2, 0) is 6.42 Å². The molecule has 0 aliphatic heterocycles. The van der Waals surface area contributed by atoms with Crippen LogP contribution in [0.3, 0.4) is 0 Å². The number of fused-ring (bicyclic) bond motifs is 1. The maximum absolute atomic E-state index is 12.7. The summed E-state index contributed by atoms with van der Waals surface area (Å²) in [6, 6.07) is 1.04. The van der Waals surface area contributed by atoms with Crippen molar-refractivity contribution in [1.29, 1.82) is 0 Å². The van der Waals surface area contributed by atoms with Crippen LogP contribution in [0.4, 0.5) is 13.2 Å². The second-order valence-electron chi connectivity index (χ2n) is 8.04. The van der Waals surface area contributed by atoms with Crippen LogP contribution in [0.1, 0.15) is 56.9 Å². The van der Waals surface area contributed by atoms with E-state index in [9.17, 15) is 22.8 Å². The Bertz CT molecular complexity index is 1060. The zero-order valence-electron chi connectivity index (χ0n) is 16.3. The van der Waals surface area contributed by atoms with Gasteiger partial charge in [-0.3, -0.25) is 9.78 Å². The van der Waals surface area contributed by atoms with E-state index in [-0.39, 0.29) is 42.8 Å². The lowest BCUT2D eigenvalue weighted by Crippen LogP contribution is -2.28. The molecule has 0 radical (unpaired) electrons. The smallest absolute Gasteiger partial charge is 0.391 e. The minimum atomic E-state index is -4.20. The third-order valence-electron chi connectivity index (χ3n) is 5.72. The molecule has 0 bridgehead atoms. The Hall–Kier alpha value is -2.65. The summed E-state index contributed by atoms with van der Waals surface area (Å²) in [5.41, 5.74) is -0.206. The third-order valence-corrected chi connectivity index (χ3v) is 5.72. The number of hydrogen-bond acceptors (Lipinski definition) is 6. The summed E-state index contributed by atoms with van der Waals surface area (Å²) in [4.78, 5) is 36.0. The number of nitrogens with one attached hydrogen (secondary N) is 1. The van der Waals surface area contributed by atoms with Crippen molar-refractivity contribution in [3.63, 3.8) is 0 Å². The lowest BCUT2D eigenvalue weighted by molar-refractivity contribution is -0.178. The number of aromatic nitrogens is 2. The van der Waals surface area contributed by atoms with Gasteiger partial charge in [-0.15, -0.1) is 0 Å². The highest BCUT2D eigenvalue weighted by Gasteiger charge is 2.40. The molecule has 2 aliphatic rings. The van der Waals surface area contributed by atoms with E-state index in [0.717, 1.165) is 18.8 Å². The molecule has 2 aliphatic carbocycles. The number of H-pyrrole nitrogens is 1. The summed E-state index contributed by atoms with van der Waals surface area (Å²) in [7, 11) is 0. The predicted octanol–water partition coefficient (Wildman–Crippen LogP) is 4.10. The van der Waals surface area contributed by atoms with E-state index in [4.69, 9.17) is 9.25 Å².